The van der Waals surface area contributed by atoms with Crippen molar-refractivity contribution in [2.45, 2.75) is 6.17 Å². The molecule has 1 atom stereocenters. The van der Waals surface area contributed by atoms with Crippen molar-refractivity contribution in [3.8, 4) is 16.8 Å². The van der Waals surface area contributed by atoms with E-state index in [0.29, 0.717) is 5.84 Å². The van der Waals surface area contributed by atoms with Crippen LogP contribution in [0.15, 0.2) is 196 Å². The number of hydrogen-bond donors (Lipinski definition) is 1. The number of benzene rings is 8. The minimum atomic E-state index is -0.290. The summed E-state index contributed by atoms with van der Waals surface area (Å²) >= 11 is 1.84. The van der Waals surface area contributed by atoms with Gasteiger partial charge in [-0.05, 0) is 77.4 Å². The Morgan fingerprint density at radius 2 is 1.16 bits per heavy atom. The highest BCUT2D eigenvalue weighted by Gasteiger charge is 2.24. The van der Waals surface area contributed by atoms with Crippen molar-refractivity contribution in [1.29, 1.82) is 0 Å². The maximum absolute atomic E-state index is 6.78. The van der Waals surface area contributed by atoms with E-state index in [2.05, 4.69) is 155 Å². The summed E-state index contributed by atoms with van der Waals surface area (Å²) in [6.45, 7) is 0. The number of fused-ring (bicyclic) bond motifs is 9. The fraction of sp³-hybridized carbons (Fsp3) is 0.0196. The second-order valence-corrected chi connectivity index (χ2v) is 15.7. The van der Waals surface area contributed by atoms with E-state index in [4.69, 9.17) is 14.4 Å². The molecule has 5 nitrogen and oxygen atoms in total. The van der Waals surface area contributed by atoms with Gasteiger partial charge in [0.2, 0.25) is 0 Å². The van der Waals surface area contributed by atoms with E-state index in [0.717, 1.165) is 61.3 Å². The summed E-state index contributed by atoms with van der Waals surface area (Å²) < 4.78 is 11.7. The van der Waals surface area contributed by atoms with Gasteiger partial charge < -0.3 is 14.3 Å². The third-order valence-corrected chi connectivity index (χ3v) is 12.4. The number of thiophene rings is 1. The zero-order chi connectivity index (χ0) is 37.5. The zero-order valence-corrected chi connectivity index (χ0v) is 31.4. The number of nitrogens with zero attached hydrogens (tertiary/aromatic N) is 3. The molecule has 0 saturated heterocycles. The predicted octanol–water partition coefficient (Wildman–Crippen LogP) is 13.2. The molecule has 1 unspecified atom stereocenters. The van der Waals surface area contributed by atoms with Crippen LogP contribution in [0.5, 0.6) is 0 Å². The van der Waals surface area contributed by atoms with Crippen LogP contribution in [0.3, 0.4) is 0 Å². The van der Waals surface area contributed by atoms with E-state index in [1.165, 1.54) is 42.0 Å². The van der Waals surface area contributed by atoms with Crippen LogP contribution < -0.4 is 5.32 Å². The molecular formula is C51H32N4OS. The van der Waals surface area contributed by atoms with Gasteiger partial charge in [0.25, 0.3) is 0 Å². The van der Waals surface area contributed by atoms with Gasteiger partial charge in [-0.15, -0.1) is 11.3 Å². The fourth-order valence-electron chi connectivity index (χ4n) is 8.56. The topological polar surface area (TPSA) is 54.8 Å². The molecule has 3 aromatic heterocycles. The molecule has 0 spiro atoms. The molecule has 0 bridgehead atoms. The fourth-order valence-corrected chi connectivity index (χ4v) is 9.62. The molecule has 0 saturated carbocycles. The summed E-state index contributed by atoms with van der Waals surface area (Å²) in [5.41, 5.74) is 10.4. The quantitative estimate of drug-likeness (QED) is 0.191. The van der Waals surface area contributed by atoms with Crippen LogP contribution >= 0.6 is 11.3 Å². The first kappa shape index (κ1) is 32.0. The molecule has 1 aliphatic rings. The number of rotatable bonds is 5. The number of para-hydroxylation sites is 3. The molecule has 1 N–H and O–H groups in total. The van der Waals surface area contributed by atoms with E-state index >= 15 is 0 Å². The van der Waals surface area contributed by atoms with Gasteiger partial charge in [-0.2, -0.15) is 0 Å². The highest BCUT2D eigenvalue weighted by atomic mass is 32.1. The number of amidine groups is 2. The Morgan fingerprint density at radius 3 is 1.95 bits per heavy atom. The number of nitrogens with one attached hydrogen (secondary N) is 1. The summed E-state index contributed by atoms with van der Waals surface area (Å²) in [6.07, 6.45) is -0.290. The monoisotopic (exact) mass is 748 g/mol. The van der Waals surface area contributed by atoms with Crippen LogP contribution in [0, 0.1) is 0 Å². The summed E-state index contributed by atoms with van der Waals surface area (Å²) in [5.74, 6) is 1.42. The molecule has 57 heavy (non-hydrogen) atoms. The Hall–Kier alpha value is -7.28. The molecule has 0 amide bonds. The SMILES string of the molecule is c1ccc(C2=NC(c3cccc4c3oc3cc(-c5ccc6sc7ccc(-n8c9ccccc9c9ccccc98)cc7c6c5)ccc34)=NC(c3ccccc3)N2)cc1. The normalized spacial score (nSPS) is 14.5. The Bertz CT molecular complexity index is 3390. The van der Waals surface area contributed by atoms with Gasteiger partial charge in [0.15, 0.2) is 5.84 Å². The summed E-state index contributed by atoms with van der Waals surface area (Å²) in [7, 11) is 0. The minimum Gasteiger partial charge on any atom is -0.455 e. The molecule has 268 valence electrons. The van der Waals surface area contributed by atoms with Crippen molar-refractivity contribution < 1.29 is 4.42 Å². The van der Waals surface area contributed by atoms with Crippen molar-refractivity contribution in [1.82, 2.24) is 9.88 Å². The maximum atomic E-state index is 6.78. The lowest BCUT2D eigenvalue weighted by molar-refractivity contribution is 0.663. The number of aromatic nitrogens is 1. The summed E-state index contributed by atoms with van der Waals surface area (Å²) in [5, 5.41) is 10.7. The maximum Gasteiger partial charge on any atom is 0.163 e. The van der Waals surface area contributed by atoms with E-state index < -0.39 is 0 Å². The molecule has 0 radical (unpaired) electrons. The van der Waals surface area contributed by atoms with E-state index in [-0.39, 0.29) is 6.17 Å². The van der Waals surface area contributed by atoms with Gasteiger partial charge >= 0.3 is 0 Å². The van der Waals surface area contributed by atoms with Crippen LogP contribution in [0.4, 0.5) is 0 Å². The van der Waals surface area contributed by atoms with E-state index in [9.17, 15) is 0 Å². The third-order valence-electron chi connectivity index (χ3n) is 11.3. The average molecular weight is 749 g/mol. The predicted molar refractivity (Wildman–Crippen MR) is 238 cm³/mol. The van der Waals surface area contributed by atoms with Crippen molar-refractivity contribution in [2.24, 2.45) is 9.98 Å². The second kappa shape index (κ2) is 12.6. The van der Waals surface area contributed by atoms with Crippen molar-refractivity contribution in [3.05, 3.63) is 199 Å². The van der Waals surface area contributed by atoms with Crippen LogP contribution in [-0.2, 0) is 0 Å². The second-order valence-electron chi connectivity index (χ2n) is 14.6. The third kappa shape index (κ3) is 5.15. The van der Waals surface area contributed by atoms with Gasteiger partial charge in [-0.25, -0.2) is 9.98 Å². The van der Waals surface area contributed by atoms with Gasteiger partial charge in [0, 0.05) is 53.0 Å². The average Bonchev–Trinajstić information content (AvgIpc) is 3.95. The molecule has 1 aliphatic heterocycles. The van der Waals surface area contributed by atoms with E-state index in [1.807, 2.05) is 47.7 Å². The molecule has 0 fully saturated rings. The lowest BCUT2D eigenvalue weighted by Gasteiger charge is -2.23. The first-order valence-electron chi connectivity index (χ1n) is 19.2. The molecule has 0 aliphatic carbocycles. The molecule has 11 aromatic rings. The van der Waals surface area contributed by atoms with Crippen LogP contribution in [-0.4, -0.2) is 16.2 Å². The standard InChI is InChI=1S/C51H32N4OS/c1-3-12-31(13-4-1)49-52-50(32-14-5-2-6-15-32)54-51(53-49)40-19-11-18-39-38-25-22-34(29-45(38)56-48(39)40)33-23-26-46-41(28-33)42-30-35(24-27-47(42)57-46)55-43-20-9-7-16-36(43)37-17-8-10-21-44(37)55/h1-30,49H,(H,52,53,54). The largest absolute Gasteiger partial charge is 0.455 e. The van der Waals surface area contributed by atoms with Crippen LogP contribution in [0.25, 0.3) is 80.7 Å². The highest BCUT2D eigenvalue weighted by Crippen LogP contribution is 2.41. The number of hydrogen-bond acceptors (Lipinski definition) is 5. The zero-order valence-electron chi connectivity index (χ0n) is 30.6. The van der Waals surface area contributed by atoms with Gasteiger partial charge in [-0.1, -0.05) is 121 Å². The number of aliphatic imine (C=N–C) groups is 2. The molecule has 12 rings (SSSR count). The van der Waals surface area contributed by atoms with Crippen LogP contribution in [0.2, 0.25) is 0 Å². The van der Waals surface area contributed by atoms with Gasteiger partial charge in [0.1, 0.15) is 23.2 Å². The number of furan rings is 1. The Kier molecular flexibility index (Phi) is 7.09. The van der Waals surface area contributed by atoms with Gasteiger partial charge in [0.05, 0.1) is 16.6 Å². The molecule has 4 heterocycles. The Morgan fingerprint density at radius 1 is 0.509 bits per heavy atom. The van der Waals surface area contributed by atoms with Crippen molar-refractivity contribution in [2.75, 3.05) is 0 Å². The van der Waals surface area contributed by atoms with E-state index in [1.54, 1.807) is 0 Å². The molecule has 6 heteroatoms. The summed E-state index contributed by atoms with van der Waals surface area (Å²) in [6, 6.07) is 64.5. The minimum absolute atomic E-state index is 0.290. The molecule has 8 aromatic carbocycles. The smallest absolute Gasteiger partial charge is 0.163 e. The lowest BCUT2D eigenvalue weighted by Crippen LogP contribution is -2.33. The Labute approximate surface area is 331 Å². The lowest BCUT2D eigenvalue weighted by atomic mass is 10.0. The van der Waals surface area contributed by atoms with Crippen molar-refractivity contribution in [3.63, 3.8) is 0 Å². The van der Waals surface area contributed by atoms with Gasteiger partial charge in [-0.3, -0.25) is 0 Å². The van der Waals surface area contributed by atoms with Crippen molar-refractivity contribution >= 4 is 86.9 Å². The highest BCUT2D eigenvalue weighted by molar-refractivity contribution is 7.25. The Balaban J connectivity index is 0.966. The first-order chi connectivity index (χ1) is 28.2. The summed E-state index contributed by atoms with van der Waals surface area (Å²) in [4.78, 5) is 10.2. The van der Waals surface area contributed by atoms with Crippen LogP contribution in [0.1, 0.15) is 22.9 Å². The molecular weight excluding hydrogens is 717 g/mol. The first-order valence-corrected chi connectivity index (χ1v) is 20.0.